The molecule has 0 aliphatic rings. The van der Waals surface area contributed by atoms with Crippen molar-refractivity contribution >= 4 is 21.8 Å². The van der Waals surface area contributed by atoms with Gasteiger partial charge in [-0.3, -0.25) is 0 Å². The third kappa shape index (κ3) is 7.38. The molecule has 0 saturated heterocycles. The van der Waals surface area contributed by atoms with Gasteiger partial charge in [-0.15, -0.1) is 0 Å². The lowest BCUT2D eigenvalue weighted by Crippen LogP contribution is -2.11. The van der Waals surface area contributed by atoms with Gasteiger partial charge in [0, 0.05) is 38.6 Å². The van der Waals surface area contributed by atoms with Crippen LogP contribution in [-0.2, 0) is 12.4 Å². The van der Waals surface area contributed by atoms with Gasteiger partial charge in [-0.1, -0.05) is 151 Å². The maximum Gasteiger partial charge on any atom is 0.417 e. The average Bonchev–Trinajstić information content (AvgIpc) is 3.64. The number of rotatable bonds is 7. The van der Waals surface area contributed by atoms with Crippen molar-refractivity contribution in [2.75, 3.05) is 0 Å². The van der Waals surface area contributed by atoms with E-state index in [0.717, 1.165) is 50.7 Å². The molecule has 312 valence electrons. The number of nitrogens with zero attached hydrogens (tertiary/aromatic N) is 3. The van der Waals surface area contributed by atoms with E-state index in [1.165, 1.54) is 36.4 Å². The first-order chi connectivity index (χ1) is 30.9. The van der Waals surface area contributed by atoms with Crippen molar-refractivity contribution in [1.29, 1.82) is 0 Å². The lowest BCUT2D eigenvalue weighted by molar-refractivity contribution is -0.137. The van der Waals surface area contributed by atoms with Gasteiger partial charge < -0.3 is 4.57 Å². The zero-order valence-electron chi connectivity index (χ0n) is 34.1. The zero-order chi connectivity index (χ0) is 44.2. The van der Waals surface area contributed by atoms with Gasteiger partial charge in [-0.2, -0.15) is 26.3 Å². The molecule has 8 aromatic carbocycles. The molecule has 0 saturated carbocycles. The molecular formula is C55H35F6N3. The smallest absolute Gasteiger partial charge is 0.308 e. The van der Waals surface area contributed by atoms with E-state index in [0.29, 0.717) is 22.4 Å². The first-order valence-electron chi connectivity index (χ1n) is 20.5. The Morgan fingerprint density at radius 3 is 1.39 bits per heavy atom. The minimum absolute atomic E-state index is 0.0395. The molecule has 10 rings (SSSR count). The minimum atomic E-state index is -4.83. The van der Waals surface area contributed by atoms with Crippen LogP contribution in [0.2, 0.25) is 0 Å². The van der Waals surface area contributed by atoms with E-state index in [-0.39, 0.29) is 39.3 Å². The number of aromatic nitrogens is 3. The molecular weight excluding hydrogens is 817 g/mol. The van der Waals surface area contributed by atoms with Crippen LogP contribution in [0.3, 0.4) is 0 Å². The van der Waals surface area contributed by atoms with E-state index in [4.69, 9.17) is 9.97 Å². The second-order valence-electron chi connectivity index (χ2n) is 15.7. The second-order valence-corrected chi connectivity index (χ2v) is 15.7. The van der Waals surface area contributed by atoms with Gasteiger partial charge in [0.05, 0.1) is 39.2 Å². The highest BCUT2D eigenvalue weighted by Gasteiger charge is 2.37. The summed E-state index contributed by atoms with van der Waals surface area (Å²) in [5.41, 5.74) is 4.79. The molecule has 0 N–H and O–H groups in total. The summed E-state index contributed by atoms with van der Waals surface area (Å²) in [5.74, 6) is 0.119. The summed E-state index contributed by atoms with van der Waals surface area (Å²) in [6.07, 6.45) is -9.66. The molecule has 0 bridgehead atoms. The molecule has 64 heavy (non-hydrogen) atoms. The molecule has 0 aliphatic heterocycles. The van der Waals surface area contributed by atoms with Crippen LogP contribution in [-0.4, -0.2) is 14.5 Å². The molecule has 0 amide bonds. The Morgan fingerprint density at radius 1 is 0.375 bits per heavy atom. The fourth-order valence-electron chi connectivity index (χ4n) is 8.57. The summed E-state index contributed by atoms with van der Waals surface area (Å²) in [7, 11) is 0. The Hall–Kier alpha value is -7.78. The van der Waals surface area contributed by atoms with E-state index in [1.54, 1.807) is 16.7 Å². The molecule has 0 fully saturated rings. The highest BCUT2D eigenvalue weighted by Crippen LogP contribution is 2.49. The van der Waals surface area contributed by atoms with Crippen molar-refractivity contribution in [3.63, 3.8) is 0 Å². The predicted octanol–water partition coefficient (Wildman–Crippen LogP) is 15.9. The van der Waals surface area contributed by atoms with Crippen LogP contribution in [0.1, 0.15) is 16.7 Å². The number of alkyl halides is 6. The van der Waals surface area contributed by atoms with E-state index in [2.05, 4.69) is 0 Å². The first-order valence-corrected chi connectivity index (χ1v) is 20.5. The molecule has 0 aliphatic carbocycles. The Balaban J connectivity index is 1.37. The van der Waals surface area contributed by atoms with Gasteiger partial charge >= 0.3 is 12.4 Å². The molecule has 10 aromatic rings. The van der Waals surface area contributed by atoms with Gasteiger partial charge in [-0.25, -0.2) is 9.97 Å². The number of halogens is 6. The molecule has 2 aromatic heterocycles. The summed E-state index contributed by atoms with van der Waals surface area (Å²) in [4.78, 5) is 9.97. The largest absolute Gasteiger partial charge is 0.417 e. The van der Waals surface area contributed by atoms with Crippen LogP contribution in [0.5, 0.6) is 0 Å². The molecule has 0 unspecified atom stereocenters. The van der Waals surface area contributed by atoms with Gasteiger partial charge in [0.15, 0.2) is 5.82 Å². The van der Waals surface area contributed by atoms with Crippen LogP contribution < -0.4 is 0 Å². The Kier molecular flexibility index (Phi) is 9.98. The topological polar surface area (TPSA) is 30.7 Å². The molecule has 0 radical (unpaired) electrons. The monoisotopic (exact) mass is 851 g/mol. The number of fused-ring (bicyclic) bond motifs is 3. The maximum absolute atomic E-state index is 15.3. The lowest BCUT2D eigenvalue weighted by atomic mass is 9.88. The number of para-hydroxylation sites is 1. The van der Waals surface area contributed by atoms with Crippen molar-refractivity contribution in [3.8, 4) is 73.0 Å². The van der Waals surface area contributed by atoms with Crippen molar-refractivity contribution in [2.45, 2.75) is 19.3 Å². The highest BCUT2D eigenvalue weighted by atomic mass is 19.4. The van der Waals surface area contributed by atoms with Crippen LogP contribution >= 0.6 is 0 Å². The van der Waals surface area contributed by atoms with Crippen molar-refractivity contribution in [1.82, 2.24) is 14.5 Å². The summed E-state index contributed by atoms with van der Waals surface area (Å²) in [5, 5.41) is 1.54. The van der Waals surface area contributed by atoms with Gasteiger partial charge in [-0.05, 0) is 77.7 Å². The quantitative estimate of drug-likeness (QED) is 0.150. The van der Waals surface area contributed by atoms with Gasteiger partial charge in [0.2, 0.25) is 0 Å². The zero-order valence-corrected chi connectivity index (χ0v) is 34.1. The summed E-state index contributed by atoms with van der Waals surface area (Å²) in [6.45, 7) is 2.00. The number of aryl methyl sites for hydroxylation is 1. The molecule has 2 heterocycles. The van der Waals surface area contributed by atoms with Crippen LogP contribution in [0.15, 0.2) is 194 Å². The lowest BCUT2D eigenvalue weighted by Gasteiger charge is -2.24. The number of hydrogen-bond acceptors (Lipinski definition) is 2. The van der Waals surface area contributed by atoms with E-state index < -0.39 is 23.5 Å². The molecule has 0 atom stereocenters. The molecule has 3 nitrogen and oxygen atoms in total. The van der Waals surface area contributed by atoms with Crippen LogP contribution in [0.25, 0.3) is 94.8 Å². The molecule has 9 heteroatoms. The average molecular weight is 852 g/mol. The number of hydrogen-bond donors (Lipinski definition) is 0. The summed E-state index contributed by atoms with van der Waals surface area (Å²) < 4.78 is 93.7. The van der Waals surface area contributed by atoms with Crippen LogP contribution in [0, 0.1) is 6.92 Å². The first kappa shape index (κ1) is 40.3. The van der Waals surface area contributed by atoms with Gasteiger partial charge in [0.25, 0.3) is 0 Å². The Bertz CT molecular complexity index is 3220. The van der Waals surface area contributed by atoms with E-state index in [1.807, 2.05) is 140 Å². The van der Waals surface area contributed by atoms with E-state index in [9.17, 15) is 0 Å². The fourth-order valence-corrected chi connectivity index (χ4v) is 8.57. The van der Waals surface area contributed by atoms with E-state index >= 15 is 26.3 Å². The second kappa shape index (κ2) is 15.8. The van der Waals surface area contributed by atoms with Crippen molar-refractivity contribution < 1.29 is 26.3 Å². The minimum Gasteiger partial charge on any atom is -0.308 e. The fraction of sp³-hybridized carbons (Fsp3) is 0.0545. The summed E-state index contributed by atoms with van der Waals surface area (Å²) in [6, 6.07) is 55.4. The van der Waals surface area contributed by atoms with Crippen LogP contribution in [0.4, 0.5) is 26.3 Å². The van der Waals surface area contributed by atoms with Crippen molar-refractivity contribution in [3.05, 3.63) is 211 Å². The normalized spacial score (nSPS) is 12.0. The standard InChI is InChI=1S/C55H35F6N3/c1-34-24-26-35(27-25-34)38-28-29-51-43(30-38)42-20-10-13-23-50(42)64(51)52-44(40-18-8-11-21-46(40)54(56,57)58)31-39(32-45(52)41-19-9-12-22-47(41)55(59,60)61)53-62-48(36-14-4-2-5-15-36)33-49(63-53)37-16-6-3-7-17-37/h2-33H,1H3. The third-order valence-corrected chi connectivity index (χ3v) is 11.6. The number of benzene rings is 8. The SMILES string of the molecule is Cc1ccc(-c2ccc3c(c2)c2ccccc2n3-c2c(-c3ccccc3C(F)(F)F)cc(-c3nc(-c4ccccc4)cc(-c4ccccc4)n3)cc2-c2ccccc2C(F)(F)F)cc1. The summed E-state index contributed by atoms with van der Waals surface area (Å²) >= 11 is 0. The highest BCUT2D eigenvalue weighted by molar-refractivity contribution is 6.12. The Morgan fingerprint density at radius 2 is 0.844 bits per heavy atom. The van der Waals surface area contributed by atoms with Crippen molar-refractivity contribution in [2.24, 2.45) is 0 Å². The maximum atomic E-state index is 15.3. The predicted molar refractivity (Wildman–Crippen MR) is 244 cm³/mol. The Labute approximate surface area is 364 Å². The molecule has 0 spiro atoms. The van der Waals surface area contributed by atoms with Gasteiger partial charge in [0.1, 0.15) is 0 Å². The third-order valence-electron chi connectivity index (χ3n) is 11.6.